The highest BCUT2D eigenvalue weighted by Gasteiger charge is 2.30. The van der Waals surface area contributed by atoms with Crippen LogP contribution in [0.4, 0.5) is 11.4 Å². The fourth-order valence-electron chi connectivity index (χ4n) is 4.69. The number of anilines is 2. The number of nitrogens with two attached hydrogens (primary N) is 1. The molecule has 2 heterocycles. The van der Waals surface area contributed by atoms with E-state index in [9.17, 15) is 15.0 Å². The topological polar surface area (TPSA) is 121 Å². The molecule has 0 aliphatic carbocycles. The van der Waals surface area contributed by atoms with Crippen molar-refractivity contribution in [3.8, 4) is 22.6 Å². The number of pyridine rings is 1. The molecule has 5 aromatic rings. The summed E-state index contributed by atoms with van der Waals surface area (Å²) in [6, 6.07) is 22.3. The van der Waals surface area contributed by atoms with Crippen molar-refractivity contribution >= 4 is 33.6 Å². The molecule has 8 heteroatoms. The number of aryl methyl sites for hydroxylation is 1. The molecule has 1 atom stereocenters. The van der Waals surface area contributed by atoms with Crippen LogP contribution in [0.2, 0.25) is 0 Å². The van der Waals surface area contributed by atoms with E-state index in [1.807, 2.05) is 41.8 Å². The Morgan fingerprint density at radius 2 is 1.82 bits per heavy atom. The number of aromatic hydroxyl groups is 1. The van der Waals surface area contributed by atoms with Gasteiger partial charge in [0.1, 0.15) is 17.1 Å². The minimum Gasteiger partial charge on any atom is -0.506 e. The number of nitrogens with one attached hydrogen (secondary N) is 2. The zero-order valence-electron chi connectivity index (χ0n) is 20.9. The van der Waals surface area contributed by atoms with Crippen LogP contribution in [0.15, 0.2) is 88.4 Å². The standard InChI is InChI=1S/C30H29N3O4S/c1-37-27-10-6-22(16-24(27)20-13-15-38-17-20)32-21-4-2-19(3-5-21)12-14-30(36,18-31)25-8-9-26(34)29-23(25)7-11-28(35)33-29/h2-11,13,15-17,32,34,36H,12,14,18,31H2,1H3,(H,33,35)/t30-/m0/s1. The lowest BCUT2D eigenvalue weighted by Gasteiger charge is -2.28. The number of aromatic nitrogens is 1. The zero-order chi connectivity index (χ0) is 26.7. The molecule has 38 heavy (non-hydrogen) atoms. The first kappa shape index (κ1) is 25.5. The summed E-state index contributed by atoms with van der Waals surface area (Å²) in [4.78, 5) is 14.4. The first-order chi connectivity index (χ1) is 18.4. The van der Waals surface area contributed by atoms with Gasteiger partial charge in [-0.15, -0.1) is 0 Å². The number of benzene rings is 3. The maximum atomic E-state index is 11.8. The van der Waals surface area contributed by atoms with E-state index in [2.05, 4.69) is 27.8 Å². The largest absolute Gasteiger partial charge is 0.506 e. The highest BCUT2D eigenvalue weighted by Crippen LogP contribution is 2.36. The molecule has 194 valence electrons. The van der Waals surface area contributed by atoms with Crippen LogP contribution >= 0.6 is 11.3 Å². The predicted octanol–water partition coefficient (Wildman–Crippen LogP) is 5.49. The van der Waals surface area contributed by atoms with Gasteiger partial charge >= 0.3 is 0 Å². The summed E-state index contributed by atoms with van der Waals surface area (Å²) < 4.78 is 5.54. The fraction of sp³-hybridized carbons (Fsp3) is 0.167. The number of rotatable bonds is 9. The van der Waals surface area contributed by atoms with Gasteiger partial charge in [0.05, 0.1) is 12.6 Å². The number of hydrogen-bond acceptors (Lipinski definition) is 7. The average Bonchev–Trinajstić information content (AvgIpc) is 3.48. The van der Waals surface area contributed by atoms with Gasteiger partial charge in [-0.2, -0.15) is 11.3 Å². The van der Waals surface area contributed by atoms with E-state index in [1.54, 1.807) is 30.6 Å². The van der Waals surface area contributed by atoms with Crippen molar-refractivity contribution in [2.45, 2.75) is 18.4 Å². The summed E-state index contributed by atoms with van der Waals surface area (Å²) in [6.45, 7) is -0.00439. The lowest BCUT2D eigenvalue weighted by molar-refractivity contribution is 0.0384. The highest BCUT2D eigenvalue weighted by atomic mass is 32.1. The van der Waals surface area contributed by atoms with Crippen LogP contribution in [0.25, 0.3) is 22.0 Å². The van der Waals surface area contributed by atoms with Gasteiger partial charge in [0.25, 0.3) is 0 Å². The molecule has 0 unspecified atom stereocenters. The number of phenolic OH excluding ortho intramolecular Hbond substituents is 1. The monoisotopic (exact) mass is 527 g/mol. The third kappa shape index (κ3) is 5.15. The molecule has 0 aliphatic rings. The van der Waals surface area contributed by atoms with Crippen molar-refractivity contribution in [3.05, 3.63) is 105 Å². The predicted molar refractivity (Wildman–Crippen MR) is 154 cm³/mol. The maximum Gasteiger partial charge on any atom is 0.248 e. The number of fused-ring (bicyclic) bond motifs is 1. The Hall–Kier alpha value is -4.11. The Kier molecular flexibility index (Phi) is 7.20. The third-order valence-electron chi connectivity index (χ3n) is 6.81. The van der Waals surface area contributed by atoms with Gasteiger partial charge in [-0.3, -0.25) is 4.79 Å². The molecule has 0 saturated heterocycles. The summed E-state index contributed by atoms with van der Waals surface area (Å²) in [7, 11) is 1.67. The molecule has 0 bridgehead atoms. The Bertz CT molecular complexity index is 1610. The molecule has 0 saturated carbocycles. The van der Waals surface area contributed by atoms with Crippen LogP contribution in [0, 0.1) is 0 Å². The maximum absolute atomic E-state index is 11.8. The zero-order valence-corrected chi connectivity index (χ0v) is 21.7. The second-order valence-corrected chi connectivity index (χ2v) is 10.0. The third-order valence-corrected chi connectivity index (χ3v) is 7.50. The van der Waals surface area contributed by atoms with Crippen molar-refractivity contribution in [2.24, 2.45) is 5.73 Å². The van der Waals surface area contributed by atoms with Gasteiger partial charge in [-0.05, 0) is 88.8 Å². The Morgan fingerprint density at radius 3 is 2.53 bits per heavy atom. The fourth-order valence-corrected chi connectivity index (χ4v) is 5.35. The number of hydrogen-bond donors (Lipinski definition) is 5. The van der Waals surface area contributed by atoms with Crippen LogP contribution in [-0.2, 0) is 12.0 Å². The molecule has 3 aromatic carbocycles. The quantitative estimate of drug-likeness (QED) is 0.173. The minimum atomic E-state index is -1.33. The van der Waals surface area contributed by atoms with Gasteiger partial charge in [-0.1, -0.05) is 18.2 Å². The molecule has 0 fully saturated rings. The van der Waals surface area contributed by atoms with Crippen LogP contribution in [-0.4, -0.2) is 28.9 Å². The number of aromatic amines is 1. The van der Waals surface area contributed by atoms with E-state index in [0.717, 1.165) is 33.8 Å². The second-order valence-electron chi connectivity index (χ2n) is 9.23. The number of methoxy groups -OCH3 is 1. The minimum absolute atomic E-state index is 0.00439. The Balaban J connectivity index is 1.32. The molecule has 0 radical (unpaired) electrons. The van der Waals surface area contributed by atoms with Gasteiger partial charge < -0.3 is 31.0 Å². The molecular formula is C30H29N3O4S. The highest BCUT2D eigenvalue weighted by molar-refractivity contribution is 7.08. The molecule has 0 aliphatic heterocycles. The van der Waals surface area contributed by atoms with Crippen molar-refractivity contribution in [2.75, 3.05) is 19.0 Å². The molecule has 0 amide bonds. The lowest BCUT2D eigenvalue weighted by atomic mass is 9.85. The SMILES string of the molecule is COc1ccc(Nc2ccc(CC[C@](O)(CN)c3ccc(O)c4[nH]c(=O)ccc34)cc2)cc1-c1ccsc1. The van der Waals surface area contributed by atoms with E-state index in [1.165, 1.54) is 12.1 Å². The van der Waals surface area contributed by atoms with Crippen LogP contribution < -0.4 is 21.3 Å². The molecule has 2 aromatic heterocycles. The summed E-state index contributed by atoms with van der Waals surface area (Å²) in [5, 5.41) is 29.8. The number of ether oxygens (including phenoxy) is 1. The van der Waals surface area contributed by atoms with Gasteiger partial charge in [0.15, 0.2) is 0 Å². The lowest BCUT2D eigenvalue weighted by Crippen LogP contribution is -2.35. The van der Waals surface area contributed by atoms with E-state index >= 15 is 0 Å². The van der Waals surface area contributed by atoms with E-state index < -0.39 is 5.60 Å². The smallest absolute Gasteiger partial charge is 0.248 e. The van der Waals surface area contributed by atoms with E-state index in [0.29, 0.717) is 23.8 Å². The molecule has 6 N–H and O–H groups in total. The molecule has 5 rings (SSSR count). The van der Waals surface area contributed by atoms with E-state index in [4.69, 9.17) is 10.5 Å². The van der Waals surface area contributed by atoms with Gasteiger partial charge in [0.2, 0.25) is 5.56 Å². The van der Waals surface area contributed by atoms with Gasteiger partial charge in [-0.25, -0.2) is 0 Å². The van der Waals surface area contributed by atoms with Crippen molar-refractivity contribution in [3.63, 3.8) is 0 Å². The van der Waals surface area contributed by atoms with Crippen molar-refractivity contribution < 1.29 is 14.9 Å². The first-order valence-electron chi connectivity index (χ1n) is 12.2. The van der Waals surface area contributed by atoms with Crippen LogP contribution in [0.5, 0.6) is 11.5 Å². The Morgan fingerprint density at radius 1 is 1.03 bits per heavy atom. The van der Waals surface area contributed by atoms with Crippen molar-refractivity contribution in [1.82, 2.24) is 4.98 Å². The average molecular weight is 528 g/mol. The molecular weight excluding hydrogens is 498 g/mol. The first-order valence-corrected chi connectivity index (χ1v) is 13.2. The molecule has 0 spiro atoms. The summed E-state index contributed by atoms with van der Waals surface area (Å²) >= 11 is 1.65. The summed E-state index contributed by atoms with van der Waals surface area (Å²) in [6.07, 6.45) is 0.961. The second kappa shape index (κ2) is 10.7. The van der Waals surface area contributed by atoms with Crippen LogP contribution in [0.3, 0.4) is 0 Å². The normalized spacial score (nSPS) is 12.8. The Labute approximate surface area is 224 Å². The molecule has 7 nitrogen and oxygen atoms in total. The number of phenols is 1. The van der Waals surface area contributed by atoms with Crippen LogP contribution in [0.1, 0.15) is 17.5 Å². The van der Waals surface area contributed by atoms with Crippen molar-refractivity contribution in [1.29, 1.82) is 0 Å². The number of thiophene rings is 1. The van der Waals surface area contributed by atoms with E-state index in [-0.39, 0.29) is 23.4 Å². The summed E-state index contributed by atoms with van der Waals surface area (Å²) in [5.74, 6) is 0.771. The summed E-state index contributed by atoms with van der Waals surface area (Å²) in [5.41, 5.74) is 10.3. The number of aliphatic hydroxyl groups is 1. The van der Waals surface area contributed by atoms with Gasteiger partial charge in [0, 0.05) is 34.9 Å². The number of H-pyrrole nitrogens is 1.